The molecule has 5 heteroatoms. The summed E-state index contributed by atoms with van der Waals surface area (Å²) in [6, 6.07) is 1.85. The van der Waals surface area contributed by atoms with Crippen molar-refractivity contribution < 1.29 is 4.74 Å². The van der Waals surface area contributed by atoms with Gasteiger partial charge in [-0.15, -0.1) is 0 Å². The molecular formula is C12H22N4O. The van der Waals surface area contributed by atoms with Crippen LogP contribution in [-0.2, 0) is 0 Å². The van der Waals surface area contributed by atoms with E-state index in [0.717, 1.165) is 6.42 Å². The number of nitrogens with zero attached hydrogens (tertiary/aromatic N) is 2. The van der Waals surface area contributed by atoms with Crippen LogP contribution in [0.3, 0.4) is 0 Å². The molecule has 1 rings (SSSR count). The van der Waals surface area contributed by atoms with Gasteiger partial charge in [0.05, 0.1) is 6.61 Å². The van der Waals surface area contributed by atoms with Crippen LogP contribution in [0.1, 0.15) is 27.2 Å². The van der Waals surface area contributed by atoms with Crippen LogP contribution in [0.25, 0.3) is 0 Å². The topological polar surface area (TPSA) is 73.1 Å². The molecule has 0 aromatic carbocycles. The highest BCUT2D eigenvalue weighted by molar-refractivity contribution is 5.27. The summed E-state index contributed by atoms with van der Waals surface area (Å²) in [7, 11) is 0. The molecule has 0 saturated carbocycles. The van der Waals surface area contributed by atoms with E-state index in [1.54, 1.807) is 12.3 Å². The smallest absolute Gasteiger partial charge is 0.225 e. The Hall–Kier alpha value is -1.36. The molecule has 0 aliphatic rings. The minimum absolute atomic E-state index is 0.0961. The van der Waals surface area contributed by atoms with Crippen LogP contribution < -0.4 is 15.8 Å². The van der Waals surface area contributed by atoms with E-state index in [-0.39, 0.29) is 6.04 Å². The van der Waals surface area contributed by atoms with Gasteiger partial charge in [-0.25, -0.2) is 4.98 Å². The predicted molar refractivity (Wildman–Crippen MR) is 69.1 cm³/mol. The van der Waals surface area contributed by atoms with Gasteiger partial charge in [0.15, 0.2) is 0 Å². The summed E-state index contributed by atoms with van der Waals surface area (Å²) in [6.45, 7) is 7.57. The second-order valence-electron chi connectivity index (χ2n) is 4.36. The van der Waals surface area contributed by atoms with Crippen molar-refractivity contribution in [1.82, 2.24) is 9.97 Å². The first-order valence-corrected chi connectivity index (χ1v) is 6.08. The zero-order chi connectivity index (χ0) is 12.7. The highest BCUT2D eigenvalue weighted by Gasteiger charge is 2.08. The summed E-state index contributed by atoms with van der Waals surface area (Å²) in [5.41, 5.74) is 5.93. The zero-order valence-corrected chi connectivity index (χ0v) is 10.8. The number of aromatic nitrogens is 2. The van der Waals surface area contributed by atoms with Gasteiger partial charge in [-0.1, -0.05) is 20.8 Å². The molecule has 96 valence electrons. The number of nitrogens with two attached hydrogens (primary N) is 1. The molecule has 0 aliphatic heterocycles. The second kappa shape index (κ2) is 7.06. The average Bonchev–Trinajstić information content (AvgIpc) is 2.33. The van der Waals surface area contributed by atoms with E-state index in [1.165, 1.54) is 0 Å². The van der Waals surface area contributed by atoms with Gasteiger partial charge < -0.3 is 15.8 Å². The maximum Gasteiger partial charge on any atom is 0.225 e. The Kier molecular flexibility index (Phi) is 5.69. The lowest BCUT2D eigenvalue weighted by Crippen LogP contribution is -2.34. The SMILES string of the molecule is CCCOc1ccnc(NCC(N)C(C)C)n1. The van der Waals surface area contributed by atoms with E-state index < -0.39 is 0 Å². The molecule has 0 amide bonds. The third kappa shape index (κ3) is 4.99. The molecule has 5 nitrogen and oxygen atoms in total. The monoisotopic (exact) mass is 238 g/mol. The van der Waals surface area contributed by atoms with Crippen molar-refractivity contribution in [2.75, 3.05) is 18.5 Å². The number of rotatable bonds is 7. The Balaban J connectivity index is 2.48. The first-order chi connectivity index (χ1) is 8.13. The van der Waals surface area contributed by atoms with Gasteiger partial charge in [0.2, 0.25) is 11.8 Å². The number of hydrogen-bond acceptors (Lipinski definition) is 5. The molecule has 1 unspecified atom stereocenters. The van der Waals surface area contributed by atoms with E-state index in [9.17, 15) is 0 Å². The molecule has 0 saturated heterocycles. The molecule has 0 bridgehead atoms. The summed E-state index contributed by atoms with van der Waals surface area (Å²) >= 11 is 0. The van der Waals surface area contributed by atoms with E-state index in [2.05, 4.69) is 36.1 Å². The Labute approximate surface area is 103 Å². The maximum atomic E-state index is 5.93. The van der Waals surface area contributed by atoms with Crippen LogP contribution >= 0.6 is 0 Å². The first-order valence-electron chi connectivity index (χ1n) is 6.08. The standard InChI is InChI=1S/C12H22N4O/c1-4-7-17-11-5-6-14-12(16-11)15-8-10(13)9(2)3/h5-6,9-10H,4,7-8,13H2,1-3H3,(H,14,15,16). The van der Waals surface area contributed by atoms with Crippen molar-refractivity contribution in [3.05, 3.63) is 12.3 Å². The fraction of sp³-hybridized carbons (Fsp3) is 0.667. The molecule has 17 heavy (non-hydrogen) atoms. The largest absolute Gasteiger partial charge is 0.478 e. The van der Waals surface area contributed by atoms with Crippen LogP contribution in [0, 0.1) is 5.92 Å². The normalized spacial score (nSPS) is 12.5. The summed E-state index contributed by atoms with van der Waals surface area (Å²) in [5, 5.41) is 3.12. The first kappa shape index (κ1) is 13.7. The Bertz CT molecular complexity index is 330. The van der Waals surface area contributed by atoms with Crippen molar-refractivity contribution in [2.45, 2.75) is 33.2 Å². The second-order valence-corrected chi connectivity index (χ2v) is 4.36. The van der Waals surface area contributed by atoms with Crippen LogP contribution in [0.15, 0.2) is 12.3 Å². The Morgan fingerprint density at radius 2 is 2.24 bits per heavy atom. The molecule has 1 atom stereocenters. The van der Waals surface area contributed by atoms with Crippen LogP contribution in [0.2, 0.25) is 0 Å². The summed E-state index contributed by atoms with van der Waals surface area (Å²) in [6.07, 6.45) is 2.65. The lowest BCUT2D eigenvalue weighted by atomic mass is 10.1. The molecule has 0 fully saturated rings. The van der Waals surface area contributed by atoms with Gasteiger partial charge in [0, 0.05) is 24.8 Å². The highest BCUT2D eigenvalue weighted by Crippen LogP contribution is 2.09. The zero-order valence-electron chi connectivity index (χ0n) is 10.8. The number of anilines is 1. The van der Waals surface area contributed by atoms with Gasteiger partial charge in [-0.05, 0) is 12.3 Å². The molecule has 0 spiro atoms. The minimum Gasteiger partial charge on any atom is -0.478 e. The molecule has 0 aliphatic carbocycles. The molecule has 1 aromatic heterocycles. The van der Waals surface area contributed by atoms with E-state index in [1.807, 2.05) is 0 Å². The van der Waals surface area contributed by atoms with Gasteiger partial charge in [0.1, 0.15) is 0 Å². The lowest BCUT2D eigenvalue weighted by Gasteiger charge is -2.16. The number of ether oxygens (including phenoxy) is 1. The van der Waals surface area contributed by atoms with Crippen LogP contribution in [0.5, 0.6) is 5.88 Å². The summed E-state index contributed by atoms with van der Waals surface area (Å²) in [4.78, 5) is 8.36. The molecule has 1 aromatic rings. The van der Waals surface area contributed by atoms with Gasteiger partial charge >= 0.3 is 0 Å². The van der Waals surface area contributed by atoms with E-state index in [0.29, 0.717) is 30.9 Å². The van der Waals surface area contributed by atoms with Crippen molar-refractivity contribution in [1.29, 1.82) is 0 Å². The van der Waals surface area contributed by atoms with Gasteiger partial charge in [0.25, 0.3) is 0 Å². The van der Waals surface area contributed by atoms with E-state index in [4.69, 9.17) is 10.5 Å². The molecule has 1 heterocycles. The maximum absolute atomic E-state index is 5.93. The average molecular weight is 238 g/mol. The predicted octanol–water partition coefficient (Wildman–Crippen LogP) is 1.66. The van der Waals surface area contributed by atoms with Crippen molar-refractivity contribution >= 4 is 5.95 Å². The quantitative estimate of drug-likeness (QED) is 0.755. The Morgan fingerprint density at radius 1 is 1.47 bits per heavy atom. The van der Waals surface area contributed by atoms with Crippen molar-refractivity contribution in [2.24, 2.45) is 11.7 Å². The van der Waals surface area contributed by atoms with Gasteiger partial charge in [-0.3, -0.25) is 0 Å². The van der Waals surface area contributed by atoms with Crippen molar-refractivity contribution in [3.8, 4) is 5.88 Å². The van der Waals surface area contributed by atoms with Crippen LogP contribution in [0.4, 0.5) is 5.95 Å². The summed E-state index contributed by atoms with van der Waals surface area (Å²) < 4.78 is 5.43. The fourth-order valence-electron chi connectivity index (χ4n) is 1.16. The van der Waals surface area contributed by atoms with E-state index >= 15 is 0 Å². The van der Waals surface area contributed by atoms with Crippen LogP contribution in [-0.4, -0.2) is 29.2 Å². The number of nitrogens with one attached hydrogen (secondary N) is 1. The third-order valence-corrected chi connectivity index (χ3v) is 2.44. The molecule has 3 N–H and O–H groups in total. The summed E-state index contributed by atoms with van der Waals surface area (Å²) in [5.74, 6) is 1.60. The third-order valence-electron chi connectivity index (χ3n) is 2.44. The fourth-order valence-corrected chi connectivity index (χ4v) is 1.16. The number of hydrogen-bond donors (Lipinski definition) is 2. The highest BCUT2D eigenvalue weighted by atomic mass is 16.5. The lowest BCUT2D eigenvalue weighted by molar-refractivity contribution is 0.305. The van der Waals surface area contributed by atoms with Crippen molar-refractivity contribution in [3.63, 3.8) is 0 Å². The Morgan fingerprint density at radius 3 is 2.88 bits per heavy atom. The minimum atomic E-state index is 0.0961. The molecular weight excluding hydrogens is 216 g/mol. The molecule has 0 radical (unpaired) electrons. The van der Waals surface area contributed by atoms with Gasteiger partial charge in [-0.2, -0.15) is 4.98 Å².